The Balaban J connectivity index is 1.44. The van der Waals surface area contributed by atoms with E-state index in [1.807, 2.05) is 43.5 Å². The molecule has 5 rings (SSSR count). The number of fused-ring (bicyclic) bond motifs is 1. The lowest BCUT2D eigenvalue weighted by Gasteiger charge is -2.11. The summed E-state index contributed by atoms with van der Waals surface area (Å²) in [6.07, 6.45) is 4.51. The van der Waals surface area contributed by atoms with Crippen molar-refractivity contribution in [1.82, 2.24) is 34.4 Å². The minimum atomic E-state index is 0.571. The molecule has 34 heavy (non-hydrogen) atoms. The van der Waals surface area contributed by atoms with E-state index in [2.05, 4.69) is 63.6 Å². The molecule has 0 aliphatic rings. The van der Waals surface area contributed by atoms with Crippen LogP contribution < -0.4 is 5.32 Å². The van der Waals surface area contributed by atoms with Crippen LogP contribution in [0.25, 0.3) is 28.3 Å². The maximum atomic E-state index is 4.95. The minimum Gasteiger partial charge on any atom is -0.378 e. The second kappa shape index (κ2) is 9.44. The zero-order chi connectivity index (χ0) is 23.5. The Kier molecular flexibility index (Phi) is 6.05. The van der Waals surface area contributed by atoms with E-state index in [1.54, 1.807) is 10.8 Å². The number of nitrogens with one attached hydrogen (secondary N) is 2. The molecule has 4 aromatic heterocycles. The van der Waals surface area contributed by atoms with Gasteiger partial charge in [0.15, 0.2) is 5.65 Å². The number of H-pyrrole nitrogens is 1. The maximum absolute atomic E-state index is 4.95. The van der Waals surface area contributed by atoms with Crippen LogP contribution in [0.3, 0.4) is 0 Å². The van der Waals surface area contributed by atoms with E-state index in [4.69, 9.17) is 9.97 Å². The predicted octanol–water partition coefficient (Wildman–Crippen LogP) is 4.21. The number of anilines is 1. The average molecular weight is 453 g/mol. The zero-order valence-corrected chi connectivity index (χ0v) is 19.7. The lowest BCUT2D eigenvalue weighted by atomic mass is 10.1. The molecule has 0 aliphatic carbocycles. The Morgan fingerprint density at radius 2 is 1.91 bits per heavy atom. The van der Waals surface area contributed by atoms with Crippen LogP contribution in [0.15, 0.2) is 67.1 Å². The molecule has 0 amide bonds. The van der Waals surface area contributed by atoms with Gasteiger partial charge in [-0.2, -0.15) is 5.10 Å². The van der Waals surface area contributed by atoms with Crippen LogP contribution in [0.5, 0.6) is 0 Å². The maximum Gasteiger partial charge on any atom is 0.155 e. The van der Waals surface area contributed by atoms with Crippen LogP contribution in [-0.2, 0) is 13.0 Å². The summed E-state index contributed by atoms with van der Waals surface area (Å²) >= 11 is 0. The summed E-state index contributed by atoms with van der Waals surface area (Å²) < 4.78 is 1.76. The number of pyridine rings is 2. The van der Waals surface area contributed by atoms with Crippen molar-refractivity contribution in [2.75, 3.05) is 26.0 Å². The summed E-state index contributed by atoms with van der Waals surface area (Å²) in [7, 11) is 4.19. The monoisotopic (exact) mass is 452 g/mol. The molecule has 8 heteroatoms. The molecule has 2 N–H and O–H groups in total. The van der Waals surface area contributed by atoms with Crippen molar-refractivity contribution in [2.24, 2.45) is 0 Å². The molecular weight excluding hydrogens is 424 g/mol. The number of rotatable bonds is 8. The summed E-state index contributed by atoms with van der Waals surface area (Å²) in [6.45, 7) is 3.59. The van der Waals surface area contributed by atoms with Crippen LogP contribution in [0, 0.1) is 6.92 Å². The molecule has 0 saturated heterocycles. The van der Waals surface area contributed by atoms with Gasteiger partial charge in [-0.25, -0.2) is 14.5 Å². The third kappa shape index (κ3) is 4.82. The molecule has 5 aromatic rings. The van der Waals surface area contributed by atoms with Crippen LogP contribution in [-0.4, -0.2) is 55.1 Å². The largest absolute Gasteiger partial charge is 0.378 e. The number of aryl methyl sites for hydroxylation is 1. The number of benzene rings is 1. The van der Waals surface area contributed by atoms with Gasteiger partial charge in [0.2, 0.25) is 0 Å². The lowest BCUT2D eigenvalue weighted by molar-refractivity contribution is 0.413. The first-order chi connectivity index (χ1) is 16.5. The highest BCUT2D eigenvalue weighted by Gasteiger charge is 2.16. The number of likely N-dealkylation sites (N-methyl/N-ethyl adjacent to an activating group) is 1. The first-order valence-electron chi connectivity index (χ1n) is 11.4. The summed E-state index contributed by atoms with van der Waals surface area (Å²) in [4.78, 5) is 19.6. The number of hydrogen-bond donors (Lipinski definition) is 2. The number of imidazole rings is 1. The van der Waals surface area contributed by atoms with Gasteiger partial charge in [-0.05, 0) is 69.4 Å². The second-order valence-corrected chi connectivity index (χ2v) is 8.66. The number of aromatic amines is 1. The predicted molar refractivity (Wildman–Crippen MR) is 135 cm³/mol. The molecule has 4 heterocycles. The van der Waals surface area contributed by atoms with E-state index in [9.17, 15) is 0 Å². The van der Waals surface area contributed by atoms with Gasteiger partial charge in [-0.3, -0.25) is 4.98 Å². The fourth-order valence-electron chi connectivity index (χ4n) is 3.91. The molecule has 1 aromatic carbocycles. The highest BCUT2D eigenvalue weighted by Crippen LogP contribution is 2.29. The lowest BCUT2D eigenvalue weighted by Crippen LogP contribution is -2.15. The summed E-state index contributed by atoms with van der Waals surface area (Å²) in [5.74, 6) is 0.839. The third-order valence-electron chi connectivity index (χ3n) is 5.68. The van der Waals surface area contributed by atoms with E-state index in [-0.39, 0.29) is 0 Å². The molecule has 0 spiro atoms. The van der Waals surface area contributed by atoms with Gasteiger partial charge in [0, 0.05) is 29.7 Å². The first kappa shape index (κ1) is 21.8. The third-order valence-corrected chi connectivity index (χ3v) is 5.68. The van der Waals surface area contributed by atoms with Gasteiger partial charge in [0.25, 0.3) is 0 Å². The topological polar surface area (TPSA) is 87.0 Å². The average Bonchev–Trinajstić information content (AvgIpc) is 3.48. The van der Waals surface area contributed by atoms with Gasteiger partial charge >= 0.3 is 0 Å². The standard InChI is InChI=1S/C26H28N8/c1-18-6-4-9-22(30-18)26-25(20-10-11-24-28-17-29-34(24)16-20)31-23(32-26)15-27-21-8-5-7-19(14-21)12-13-33(2)3/h4-11,14,16-17,27H,12-13,15H2,1-3H3,(H,31,32). The van der Waals surface area contributed by atoms with Gasteiger partial charge in [0.05, 0.1) is 23.6 Å². The van der Waals surface area contributed by atoms with Crippen molar-refractivity contribution in [3.05, 3.63) is 84.2 Å². The molecule has 0 aliphatic heterocycles. The SMILES string of the molecule is Cc1cccc(-c2[nH]c(CNc3cccc(CCN(C)C)c3)nc2-c2ccc3ncnn3c2)n1. The number of hydrogen-bond acceptors (Lipinski definition) is 6. The normalized spacial score (nSPS) is 11.4. The van der Waals surface area contributed by atoms with Gasteiger partial charge < -0.3 is 15.2 Å². The highest BCUT2D eigenvalue weighted by atomic mass is 15.3. The molecule has 0 atom stereocenters. The molecule has 8 nitrogen and oxygen atoms in total. The zero-order valence-electron chi connectivity index (χ0n) is 19.7. The molecule has 172 valence electrons. The van der Waals surface area contributed by atoms with Crippen LogP contribution in [0.1, 0.15) is 17.1 Å². The van der Waals surface area contributed by atoms with E-state index < -0.39 is 0 Å². The smallest absolute Gasteiger partial charge is 0.155 e. The Morgan fingerprint density at radius 3 is 2.76 bits per heavy atom. The summed E-state index contributed by atoms with van der Waals surface area (Å²) in [5, 5.41) is 7.79. The van der Waals surface area contributed by atoms with Crippen molar-refractivity contribution < 1.29 is 0 Å². The van der Waals surface area contributed by atoms with Crippen LogP contribution in [0.2, 0.25) is 0 Å². The minimum absolute atomic E-state index is 0.571. The fourth-order valence-corrected chi connectivity index (χ4v) is 3.91. The molecule has 0 unspecified atom stereocenters. The molecule has 0 saturated carbocycles. The number of aromatic nitrogens is 6. The summed E-state index contributed by atoms with van der Waals surface area (Å²) in [6, 6.07) is 18.5. The van der Waals surface area contributed by atoms with E-state index in [0.717, 1.165) is 58.5 Å². The Morgan fingerprint density at radius 1 is 1.03 bits per heavy atom. The van der Waals surface area contributed by atoms with Crippen molar-refractivity contribution >= 4 is 11.3 Å². The van der Waals surface area contributed by atoms with E-state index >= 15 is 0 Å². The Hall–Kier alpha value is -4.04. The highest BCUT2D eigenvalue weighted by molar-refractivity contribution is 5.77. The second-order valence-electron chi connectivity index (χ2n) is 8.66. The molecule has 0 fully saturated rings. The van der Waals surface area contributed by atoms with Gasteiger partial charge in [-0.1, -0.05) is 18.2 Å². The summed E-state index contributed by atoms with van der Waals surface area (Å²) in [5.41, 5.74) is 7.68. The van der Waals surface area contributed by atoms with Crippen LogP contribution >= 0.6 is 0 Å². The molecule has 0 bridgehead atoms. The quantitative estimate of drug-likeness (QED) is 0.367. The molecular formula is C26H28N8. The van der Waals surface area contributed by atoms with Crippen molar-refractivity contribution in [2.45, 2.75) is 19.9 Å². The Bertz CT molecular complexity index is 1420. The fraction of sp³-hybridized carbons (Fsp3) is 0.231. The van der Waals surface area contributed by atoms with Crippen molar-refractivity contribution in [3.8, 4) is 22.6 Å². The van der Waals surface area contributed by atoms with Gasteiger partial charge in [-0.15, -0.1) is 0 Å². The first-order valence-corrected chi connectivity index (χ1v) is 11.4. The number of nitrogens with zero attached hydrogens (tertiary/aromatic N) is 6. The molecule has 0 radical (unpaired) electrons. The van der Waals surface area contributed by atoms with Crippen LogP contribution in [0.4, 0.5) is 5.69 Å². The van der Waals surface area contributed by atoms with E-state index in [0.29, 0.717) is 6.54 Å². The van der Waals surface area contributed by atoms with Crippen molar-refractivity contribution in [3.63, 3.8) is 0 Å². The van der Waals surface area contributed by atoms with Crippen molar-refractivity contribution in [1.29, 1.82) is 0 Å². The van der Waals surface area contributed by atoms with E-state index in [1.165, 1.54) is 5.56 Å². The Labute approximate surface area is 198 Å². The van der Waals surface area contributed by atoms with Gasteiger partial charge in [0.1, 0.15) is 12.2 Å².